The third-order valence-electron chi connectivity index (χ3n) is 2.89. The first-order chi connectivity index (χ1) is 11.0. The number of aryl methyl sites for hydroxylation is 1. The third kappa shape index (κ3) is 4.19. The third-order valence-corrected chi connectivity index (χ3v) is 3.87. The second-order valence-electron chi connectivity index (χ2n) is 4.51. The molecule has 0 radical (unpaired) electrons. The van der Waals surface area contributed by atoms with E-state index in [4.69, 9.17) is 15.2 Å². The van der Waals surface area contributed by atoms with Crippen molar-refractivity contribution in [3.05, 3.63) is 34.3 Å². The molecule has 1 heterocycles. The number of nitrogen functional groups attached to an aromatic ring is 1. The lowest BCUT2D eigenvalue weighted by Crippen LogP contribution is -2.17. The number of hydrogen-bond acceptors (Lipinski definition) is 7. The van der Waals surface area contributed by atoms with Crippen LogP contribution >= 0.6 is 11.3 Å². The number of rotatable bonds is 6. The highest BCUT2D eigenvalue weighted by molar-refractivity contribution is 7.17. The van der Waals surface area contributed by atoms with Crippen LogP contribution < -0.4 is 20.6 Å². The Bertz CT molecular complexity index is 728. The average molecular weight is 334 g/mol. The van der Waals surface area contributed by atoms with Crippen LogP contribution in [0.1, 0.15) is 27.9 Å². The zero-order chi connectivity index (χ0) is 16.8. The Kier molecular flexibility index (Phi) is 5.53. The molecule has 0 aliphatic heterocycles. The van der Waals surface area contributed by atoms with Crippen LogP contribution in [-0.2, 0) is 0 Å². The predicted molar refractivity (Wildman–Crippen MR) is 90.5 cm³/mol. The van der Waals surface area contributed by atoms with Crippen molar-refractivity contribution in [2.24, 2.45) is 5.10 Å². The zero-order valence-corrected chi connectivity index (χ0v) is 13.9. The van der Waals surface area contributed by atoms with Gasteiger partial charge in [0, 0.05) is 0 Å². The largest absolute Gasteiger partial charge is 0.493 e. The molecule has 0 aliphatic rings. The molecule has 0 bridgehead atoms. The highest BCUT2D eigenvalue weighted by atomic mass is 32.1. The van der Waals surface area contributed by atoms with Crippen molar-refractivity contribution in [2.45, 2.75) is 13.8 Å². The van der Waals surface area contributed by atoms with E-state index in [-0.39, 0.29) is 5.91 Å². The van der Waals surface area contributed by atoms with E-state index in [0.29, 0.717) is 33.8 Å². The van der Waals surface area contributed by atoms with Gasteiger partial charge in [-0.1, -0.05) is 11.3 Å². The summed E-state index contributed by atoms with van der Waals surface area (Å²) in [7, 11) is 1.57. The lowest BCUT2D eigenvalue weighted by molar-refractivity contribution is 0.0958. The first kappa shape index (κ1) is 16.8. The van der Waals surface area contributed by atoms with Crippen molar-refractivity contribution >= 4 is 28.6 Å². The normalized spacial score (nSPS) is 10.7. The lowest BCUT2D eigenvalue weighted by atomic mass is 10.2. The van der Waals surface area contributed by atoms with Gasteiger partial charge in [-0.25, -0.2) is 10.4 Å². The van der Waals surface area contributed by atoms with Crippen LogP contribution in [0.25, 0.3) is 0 Å². The van der Waals surface area contributed by atoms with Crippen LogP contribution in [-0.4, -0.2) is 30.8 Å². The summed E-state index contributed by atoms with van der Waals surface area (Å²) in [6, 6.07) is 5.38. The van der Waals surface area contributed by atoms with E-state index < -0.39 is 0 Å². The fourth-order valence-corrected chi connectivity index (χ4v) is 2.61. The van der Waals surface area contributed by atoms with Gasteiger partial charge in [-0.3, -0.25) is 4.79 Å². The monoisotopic (exact) mass is 334 g/mol. The first-order valence-corrected chi connectivity index (χ1v) is 7.74. The topological polar surface area (TPSA) is 98.8 Å². The number of nitrogens with two attached hydrogens (primary N) is 1. The number of carbonyl (C=O) groups is 1. The van der Waals surface area contributed by atoms with Crippen LogP contribution in [0.3, 0.4) is 0 Å². The van der Waals surface area contributed by atoms with E-state index in [1.807, 2.05) is 13.0 Å². The van der Waals surface area contributed by atoms with Gasteiger partial charge in [0.1, 0.15) is 4.88 Å². The minimum Gasteiger partial charge on any atom is -0.493 e. The number of amides is 1. The molecule has 122 valence electrons. The fourth-order valence-electron chi connectivity index (χ4n) is 1.88. The summed E-state index contributed by atoms with van der Waals surface area (Å²) in [4.78, 5) is 16.4. The minimum atomic E-state index is -0.342. The Labute approximate surface area is 138 Å². The number of carbonyl (C=O) groups excluding carboxylic acids is 1. The van der Waals surface area contributed by atoms with Gasteiger partial charge < -0.3 is 15.2 Å². The van der Waals surface area contributed by atoms with Gasteiger partial charge in [0.15, 0.2) is 16.6 Å². The highest BCUT2D eigenvalue weighted by Crippen LogP contribution is 2.27. The van der Waals surface area contributed by atoms with Crippen LogP contribution in [0, 0.1) is 6.92 Å². The summed E-state index contributed by atoms with van der Waals surface area (Å²) in [6.45, 7) is 4.18. The average Bonchev–Trinajstić information content (AvgIpc) is 2.87. The van der Waals surface area contributed by atoms with Gasteiger partial charge in [-0.2, -0.15) is 5.10 Å². The highest BCUT2D eigenvalue weighted by Gasteiger charge is 2.13. The number of benzene rings is 1. The Balaban J connectivity index is 2.05. The summed E-state index contributed by atoms with van der Waals surface area (Å²) in [5.41, 5.74) is 9.38. The van der Waals surface area contributed by atoms with Crippen LogP contribution in [0.4, 0.5) is 5.13 Å². The molecule has 2 aromatic rings. The van der Waals surface area contributed by atoms with E-state index in [1.165, 1.54) is 6.21 Å². The smallest absolute Gasteiger partial charge is 0.283 e. The molecule has 0 saturated heterocycles. The van der Waals surface area contributed by atoms with Crippen molar-refractivity contribution in [1.29, 1.82) is 0 Å². The van der Waals surface area contributed by atoms with Gasteiger partial charge in [0.05, 0.1) is 25.6 Å². The van der Waals surface area contributed by atoms with E-state index in [2.05, 4.69) is 15.5 Å². The summed E-state index contributed by atoms with van der Waals surface area (Å²) >= 11 is 1.13. The number of hydrazone groups is 1. The number of methoxy groups -OCH3 is 1. The minimum absolute atomic E-state index is 0.342. The van der Waals surface area contributed by atoms with Crippen molar-refractivity contribution in [1.82, 2.24) is 10.4 Å². The number of ether oxygens (including phenoxy) is 2. The Morgan fingerprint density at radius 1 is 1.48 bits per heavy atom. The van der Waals surface area contributed by atoms with Gasteiger partial charge in [-0.15, -0.1) is 0 Å². The first-order valence-electron chi connectivity index (χ1n) is 6.92. The second-order valence-corrected chi connectivity index (χ2v) is 5.54. The van der Waals surface area contributed by atoms with Gasteiger partial charge in [0.25, 0.3) is 5.91 Å². The predicted octanol–water partition coefficient (Wildman–Crippen LogP) is 2.20. The number of nitrogens with one attached hydrogen (secondary N) is 1. The Morgan fingerprint density at radius 3 is 2.87 bits per heavy atom. The molecule has 1 amide bonds. The van der Waals surface area contributed by atoms with E-state index >= 15 is 0 Å². The van der Waals surface area contributed by atoms with E-state index in [9.17, 15) is 4.79 Å². The quantitative estimate of drug-likeness (QED) is 0.623. The zero-order valence-electron chi connectivity index (χ0n) is 13.1. The maximum atomic E-state index is 12.0. The molecule has 0 unspecified atom stereocenters. The van der Waals surface area contributed by atoms with Crippen LogP contribution in [0.15, 0.2) is 23.3 Å². The Morgan fingerprint density at radius 2 is 2.26 bits per heavy atom. The molecule has 0 spiro atoms. The SMILES string of the molecule is CCOc1ccc(/C=N/NC(=O)c2sc(N)nc2C)cc1OC. The fraction of sp³-hybridized carbons (Fsp3) is 0.267. The van der Waals surface area contributed by atoms with Crippen molar-refractivity contribution in [2.75, 3.05) is 19.5 Å². The number of anilines is 1. The number of aromatic nitrogens is 1. The molecule has 23 heavy (non-hydrogen) atoms. The van der Waals surface area contributed by atoms with E-state index in [1.54, 1.807) is 26.2 Å². The maximum absolute atomic E-state index is 12.0. The number of thiazole rings is 1. The molecular formula is C15H18N4O3S. The molecule has 7 nitrogen and oxygen atoms in total. The molecule has 1 aromatic heterocycles. The van der Waals surface area contributed by atoms with Gasteiger partial charge in [-0.05, 0) is 37.6 Å². The molecular weight excluding hydrogens is 316 g/mol. The van der Waals surface area contributed by atoms with E-state index in [0.717, 1.165) is 16.9 Å². The molecule has 1 aromatic carbocycles. The van der Waals surface area contributed by atoms with Crippen molar-refractivity contribution in [3.63, 3.8) is 0 Å². The molecule has 3 N–H and O–H groups in total. The maximum Gasteiger partial charge on any atom is 0.283 e. The molecule has 0 fully saturated rings. The summed E-state index contributed by atoms with van der Waals surface area (Å²) in [5.74, 6) is 0.922. The molecule has 0 aliphatic carbocycles. The second kappa shape index (κ2) is 7.59. The molecule has 0 atom stereocenters. The van der Waals surface area contributed by atoms with Gasteiger partial charge in [0.2, 0.25) is 0 Å². The standard InChI is InChI=1S/C15H18N4O3S/c1-4-22-11-6-5-10(7-12(11)21-3)8-17-19-14(20)13-9(2)18-15(16)23-13/h5-8H,4H2,1-3H3,(H2,16,18)(H,19,20)/b17-8+. The van der Waals surface area contributed by atoms with Crippen molar-refractivity contribution in [3.8, 4) is 11.5 Å². The summed E-state index contributed by atoms with van der Waals surface area (Å²) in [5, 5.41) is 4.29. The lowest BCUT2D eigenvalue weighted by Gasteiger charge is -2.09. The molecule has 2 rings (SSSR count). The number of hydrogen-bond donors (Lipinski definition) is 2. The number of nitrogens with zero attached hydrogens (tertiary/aromatic N) is 2. The molecule has 8 heteroatoms. The van der Waals surface area contributed by atoms with Crippen LogP contribution in [0.5, 0.6) is 11.5 Å². The van der Waals surface area contributed by atoms with Crippen molar-refractivity contribution < 1.29 is 14.3 Å². The Hall–Kier alpha value is -2.61. The molecule has 0 saturated carbocycles. The summed E-state index contributed by atoms with van der Waals surface area (Å²) < 4.78 is 10.7. The van der Waals surface area contributed by atoms with Crippen LogP contribution in [0.2, 0.25) is 0 Å². The summed E-state index contributed by atoms with van der Waals surface area (Å²) in [6.07, 6.45) is 1.52. The van der Waals surface area contributed by atoms with Gasteiger partial charge >= 0.3 is 0 Å².